The minimum Gasteiger partial charge on any atom is -0.396 e. The summed E-state index contributed by atoms with van der Waals surface area (Å²) < 4.78 is 26.8. The Balaban J connectivity index is 1.72. The summed E-state index contributed by atoms with van der Waals surface area (Å²) in [5.74, 6) is -1.10. The molecule has 1 unspecified atom stereocenters. The number of hydrogen-bond acceptors (Lipinski definition) is 3. The number of likely N-dealkylation sites (tertiary alicyclic amines) is 1. The standard InChI is InChI=1S/C15H20F2N2O2/c16-13-2-1-3-14(17)12(13)4-6-18-15(21)9-19-7-5-11(8-19)10-20/h1-3,11,20H,4-10H2,(H,18,21). The van der Waals surface area contributed by atoms with E-state index < -0.39 is 11.6 Å². The van der Waals surface area contributed by atoms with Crippen molar-refractivity contribution in [1.29, 1.82) is 0 Å². The highest BCUT2D eigenvalue weighted by Crippen LogP contribution is 2.14. The predicted molar refractivity (Wildman–Crippen MR) is 74.7 cm³/mol. The van der Waals surface area contributed by atoms with Crippen LogP contribution in [0, 0.1) is 17.6 Å². The number of benzene rings is 1. The zero-order valence-corrected chi connectivity index (χ0v) is 11.8. The number of nitrogens with zero attached hydrogens (tertiary/aromatic N) is 1. The smallest absolute Gasteiger partial charge is 0.234 e. The topological polar surface area (TPSA) is 52.6 Å². The minimum atomic E-state index is -0.588. The second-order valence-electron chi connectivity index (χ2n) is 5.37. The van der Waals surface area contributed by atoms with Crippen molar-refractivity contribution in [3.05, 3.63) is 35.4 Å². The Morgan fingerprint density at radius 3 is 2.71 bits per heavy atom. The third-order valence-electron chi connectivity index (χ3n) is 3.75. The lowest BCUT2D eigenvalue weighted by atomic mass is 10.1. The van der Waals surface area contributed by atoms with Crippen LogP contribution in [0.15, 0.2) is 18.2 Å². The molecule has 1 aromatic rings. The highest BCUT2D eigenvalue weighted by Gasteiger charge is 2.23. The maximum atomic E-state index is 13.4. The van der Waals surface area contributed by atoms with Gasteiger partial charge in [-0.05, 0) is 37.4 Å². The molecule has 0 aromatic heterocycles. The Morgan fingerprint density at radius 2 is 2.10 bits per heavy atom. The van der Waals surface area contributed by atoms with Crippen LogP contribution in [0.1, 0.15) is 12.0 Å². The van der Waals surface area contributed by atoms with Crippen LogP contribution in [0.25, 0.3) is 0 Å². The van der Waals surface area contributed by atoms with Crippen molar-refractivity contribution in [2.45, 2.75) is 12.8 Å². The second-order valence-corrected chi connectivity index (χ2v) is 5.37. The molecule has 2 N–H and O–H groups in total. The molecule has 6 heteroatoms. The van der Waals surface area contributed by atoms with E-state index in [4.69, 9.17) is 5.11 Å². The molecule has 1 fully saturated rings. The van der Waals surface area contributed by atoms with E-state index in [2.05, 4.69) is 5.32 Å². The first-order valence-corrected chi connectivity index (χ1v) is 7.13. The molecule has 0 saturated carbocycles. The average molecular weight is 298 g/mol. The van der Waals surface area contributed by atoms with Gasteiger partial charge >= 0.3 is 0 Å². The lowest BCUT2D eigenvalue weighted by Crippen LogP contribution is -2.37. The summed E-state index contributed by atoms with van der Waals surface area (Å²) in [6.07, 6.45) is 1.02. The van der Waals surface area contributed by atoms with Gasteiger partial charge < -0.3 is 10.4 Å². The van der Waals surface area contributed by atoms with Crippen LogP contribution in [-0.4, -0.2) is 48.7 Å². The molecule has 21 heavy (non-hydrogen) atoms. The maximum absolute atomic E-state index is 13.4. The minimum absolute atomic E-state index is 0.000632. The van der Waals surface area contributed by atoms with E-state index in [-0.39, 0.29) is 43.5 Å². The number of carbonyl (C=O) groups excluding carboxylic acids is 1. The van der Waals surface area contributed by atoms with Crippen molar-refractivity contribution in [3.63, 3.8) is 0 Å². The molecule has 0 aliphatic carbocycles. The normalized spacial score (nSPS) is 18.9. The van der Waals surface area contributed by atoms with Gasteiger partial charge in [0.15, 0.2) is 0 Å². The number of carbonyl (C=O) groups is 1. The number of rotatable bonds is 6. The van der Waals surface area contributed by atoms with E-state index in [1.165, 1.54) is 18.2 Å². The number of nitrogens with one attached hydrogen (secondary N) is 1. The lowest BCUT2D eigenvalue weighted by molar-refractivity contribution is -0.122. The summed E-state index contributed by atoms with van der Waals surface area (Å²) in [4.78, 5) is 13.7. The SMILES string of the molecule is O=C(CN1CCC(CO)C1)NCCc1c(F)cccc1F. The molecule has 0 bridgehead atoms. The third kappa shape index (κ3) is 4.47. The molecule has 2 rings (SSSR count). The van der Waals surface area contributed by atoms with Gasteiger partial charge in [-0.15, -0.1) is 0 Å². The third-order valence-corrected chi connectivity index (χ3v) is 3.75. The van der Waals surface area contributed by atoms with Crippen molar-refractivity contribution >= 4 is 5.91 Å². The van der Waals surface area contributed by atoms with Gasteiger partial charge in [-0.2, -0.15) is 0 Å². The molecule has 1 saturated heterocycles. The highest BCUT2D eigenvalue weighted by atomic mass is 19.1. The summed E-state index contributed by atoms with van der Waals surface area (Å²) in [5.41, 5.74) is -0.000632. The number of amides is 1. The van der Waals surface area contributed by atoms with Crippen LogP contribution in [0.3, 0.4) is 0 Å². The maximum Gasteiger partial charge on any atom is 0.234 e. The van der Waals surface area contributed by atoms with Crippen LogP contribution in [-0.2, 0) is 11.2 Å². The first-order chi connectivity index (χ1) is 10.1. The summed E-state index contributed by atoms with van der Waals surface area (Å²) in [5, 5.41) is 11.7. The fourth-order valence-corrected chi connectivity index (χ4v) is 2.56. The molecule has 1 aliphatic rings. The molecular formula is C15H20F2N2O2. The second kappa shape index (κ2) is 7.47. The summed E-state index contributed by atoms with van der Waals surface area (Å²) in [7, 11) is 0. The van der Waals surface area contributed by atoms with E-state index in [0.717, 1.165) is 13.0 Å². The van der Waals surface area contributed by atoms with Crippen LogP contribution >= 0.6 is 0 Å². The number of halogens is 2. The molecule has 0 spiro atoms. The van der Waals surface area contributed by atoms with Gasteiger partial charge in [-0.3, -0.25) is 9.69 Å². The average Bonchev–Trinajstić information content (AvgIpc) is 2.89. The molecule has 1 aromatic carbocycles. The van der Waals surface area contributed by atoms with Crippen LogP contribution < -0.4 is 5.32 Å². The Labute approximate surface area is 122 Å². The van der Waals surface area contributed by atoms with Gasteiger partial charge in [0.1, 0.15) is 11.6 Å². The van der Waals surface area contributed by atoms with Crippen molar-refractivity contribution in [2.75, 3.05) is 32.8 Å². The Morgan fingerprint density at radius 1 is 1.38 bits per heavy atom. The van der Waals surface area contributed by atoms with E-state index in [1.807, 2.05) is 4.90 Å². The van der Waals surface area contributed by atoms with Crippen LogP contribution in [0.2, 0.25) is 0 Å². The Hall–Kier alpha value is -1.53. The Kier molecular flexibility index (Phi) is 5.64. The molecule has 1 aliphatic heterocycles. The van der Waals surface area contributed by atoms with Gasteiger partial charge in [0.2, 0.25) is 5.91 Å². The molecule has 1 amide bonds. The van der Waals surface area contributed by atoms with Gasteiger partial charge in [-0.25, -0.2) is 8.78 Å². The number of aliphatic hydroxyl groups is 1. The van der Waals surface area contributed by atoms with Crippen LogP contribution in [0.4, 0.5) is 8.78 Å². The van der Waals surface area contributed by atoms with E-state index in [1.54, 1.807) is 0 Å². The zero-order valence-electron chi connectivity index (χ0n) is 11.8. The first-order valence-electron chi connectivity index (χ1n) is 7.13. The molecule has 1 atom stereocenters. The molecular weight excluding hydrogens is 278 g/mol. The van der Waals surface area contributed by atoms with E-state index in [0.29, 0.717) is 6.54 Å². The fraction of sp³-hybridized carbons (Fsp3) is 0.533. The largest absolute Gasteiger partial charge is 0.396 e. The molecule has 0 radical (unpaired) electrons. The van der Waals surface area contributed by atoms with Crippen LogP contribution in [0.5, 0.6) is 0 Å². The number of aliphatic hydroxyl groups excluding tert-OH is 1. The van der Waals surface area contributed by atoms with Crippen molar-refractivity contribution in [1.82, 2.24) is 10.2 Å². The van der Waals surface area contributed by atoms with E-state index in [9.17, 15) is 13.6 Å². The molecule has 4 nitrogen and oxygen atoms in total. The van der Waals surface area contributed by atoms with Gasteiger partial charge in [0.05, 0.1) is 6.54 Å². The first kappa shape index (κ1) is 15.9. The summed E-state index contributed by atoms with van der Waals surface area (Å²) in [6.45, 7) is 2.11. The van der Waals surface area contributed by atoms with Gasteiger partial charge in [0.25, 0.3) is 0 Å². The number of hydrogen-bond donors (Lipinski definition) is 2. The monoisotopic (exact) mass is 298 g/mol. The lowest BCUT2D eigenvalue weighted by Gasteiger charge is -2.15. The van der Waals surface area contributed by atoms with Crippen molar-refractivity contribution < 1.29 is 18.7 Å². The summed E-state index contributed by atoms with van der Waals surface area (Å²) >= 11 is 0. The van der Waals surface area contributed by atoms with Gasteiger partial charge in [0, 0.05) is 25.3 Å². The van der Waals surface area contributed by atoms with Crippen molar-refractivity contribution in [3.8, 4) is 0 Å². The highest BCUT2D eigenvalue weighted by molar-refractivity contribution is 5.78. The summed E-state index contributed by atoms with van der Waals surface area (Å²) in [6, 6.07) is 3.73. The molecule has 116 valence electrons. The predicted octanol–water partition coefficient (Wildman–Crippen LogP) is 0.938. The van der Waals surface area contributed by atoms with Crippen molar-refractivity contribution in [2.24, 2.45) is 5.92 Å². The quantitative estimate of drug-likeness (QED) is 0.822. The fourth-order valence-electron chi connectivity index (χ4n) is 2.56. The Bertz CT molecular complexity index is 476. The van der Waals surface area contributed by atoms with Gasteiger partial charge in [-0.1, -0.05) is 6.07 Å². The molecule has 1 heterocycles. The zero-order chi connectivity index (χ0) is 15.2. The van der Waals surface area contributed by atoms with E-state index >= 15 is 0 Å².